The predicted octanol–water partition coefficient (Wildman–Crippen LogP) is 3.07. The Balaban J connectivity index is 2.17. The molecule has 112 valence electrons. The summed E-state index contributed by atoms with van der Waals surface area (Å²) in [6, 6.07) is 7.47. The molecule has 0 radical (unpaired) electrons. The van der Waals surface area contributed by atoms with Crippen LogP contribution in [-0.4, -0.2) is 25.7 Å². The molecule has 1 aromatic rings. The molecule has 1 atom stereocenters. The summed E-state index contributed by atoms with van der Waals surface area (Å²) in [5.41, 5.74) is 10.5. The Morgan fingerprint density at radius 1 is 1.52 bits per heavy atom. The van der Waals surface area contributed by atoms with Crippen LogP contribution in [0.3, 0.4) is 0 Å². The fourth-order valence-corrected chi connectivity index (χ4v) is 2.39. The summed E-state index contributed by atoms with van der Waals surface area (Å²) in [7, 11) is 0. The van der Waals surface area contributed by atoms with Crippen molar-refractivity contribution < 1.29 is 9.53 Å². The minimum atomic E-state index is -0.504. The average Bonchev–Trinajstić information content (AvgIpc) is 3.32. The summed E-state index contributed by atoms with van der Waals surface area (Å²) in [5, 5.41) is 6.62. The van der Waals surface area contributed by atoms with Crippen LogP contribution >= 0.6 is 0 Å². The van der Waals surface area contributed by atoms with Gasteiger partial charge in [-0.3, -0.25) is 0 Å². The van der Waals surface area contributed by atoms with E-state index in [4.69, 9.17) is 10.3 Å². The van der Waals surface area contributed by atoms with Crippen LogP contribution in [0.2, 0.25) is 0 Å². The lowest BCUT2D eigenvalue weighted by Gasteiger charge is -2.20. The first-order valence-electron chi connectivity index (χ1n) is 7.27. The summed E-state index contributed by atoms with van der Waals surface area (Å²) in [6.45, 7) is 2.88. The van der Waals surface area contributed by atoms with Crippen LogP contribution in [0.25, 0.3) is 10.4 Å². The van der Waals surface area contributed by atoms with Gasteiger partial charge in [0, 0.05) is 18.0 Å². The number of esters is 1. The highest BCUT2D eigenvalue weighted by Crippen LogP contribution is 2.43. The van der Waals surface area contributed by atoms with Crippen LogP contribution in [-0.2, 0) is 9.53 Å². The molecule has 0 saturated heterocycles. The number of hydrogen-bond donors (Lipinski definition) is 1. The highest BCUT2D eigenvalue weighted by Gasteiger charge is 2.31. The number of nitrogens with one attached hydrogen (secondary N) is 1. The molecule has 21 heavy (non-hydrogen) atoms. The molecule has 1 aromatic carbocycles. The van der Waals surface area contributed by atoms with Gasteiger partial charge in [-0.15, -0.1) is 0 Å². The fraction of sp³-hybridized carbons (Fsp3) is 0.533. The van der Waals surface area contributed by atoms with E-state index in [0.29, 0.717) is 25.6 Å². The molecule has 1 saturated carbocycles. The van der Waals surface area contributed by atoms with Crippen molar-refractivity contribution in [1.82, 2.24) is 5.32 Å². The van der Waals surface area contributed by atoms with Crippen molar-refractivity contribution in [2.45, 2.75) is 31.7 Å². The van der Waals surface area contributed by atoms with E-state index in [0.717, 1.165) is 5.56 Å². The number of benzene rings is 1. The largest absolute Gasteiger partial charge is 0.465 e. The second-order valence-corrected chi connectivity index (χ2v) is 5.00. The van der Waals surface area contributed by atoms with E-state index in [-0.39, 0.29) is 5.97 Å². The SMILES string of the molecule is CCOC(=O)C(NCCN=[N+]=[N-])c1ccccc1C1CC1. The van der Waals surface area contributed by atoms with Gasteiger partial charge in [-0.05, 0) is 42.3 Å². The Kier molecular flexibility index (Phi) is 5.60. The predicted molar refractivity (Wildman–Crippen MR) is 79.8 cm³/mol. The van der Waals surface area contributed by atoms with E-state index in [1.54, 1.807) is 6.92 Å². The van der Waals surface area contributed by atoms with Gasteiger partial charge in [-0.1, -0.05) is 29.4 Å². The van der Waals surface area contributed by atoms with E-state index >= 15 is 0 Å². The van der Waals surface area contributed by atoms with Crippen molar-refractivity contribution in [2.24, 2.45) is 5.11 Å². The van der Waals surface area contributed by atoms with Gasteiger partial charge in [0.15, 0.2) is 0 Å². The van der Waals surface area contributed by atoms with Crippen molar-refractivity contribution in [3.63, 3.8) is 0 Å². The van der Waals surface area contributed by atoms with E-state index in [1.165, 1.54) is 18.4 Å². The van der Waals surface area contributed by atoms with Gasteiger partial charge >= 0.3 is 5.97 Å². The number of carbonyl (C=O) groups is 1. The lowest BCUT2D eigenvalue weighted by molar-refractivity contribution is -0.145. The maximum Gasteiger partial charge on any atom is 0.327 e. The second kappa shape index (κ2) is 7.67. The normalized spacial score (nSPS) is 15.1. The Morgan fingerprint density at radius 2 is 2.29 bits per heavy atom. The van der Waals surface area contributed by atoms with Gasteiger partial charge in [-0.25, -0.2) is 4.79 Å². The first-order valence-corrected chi connectivity index (χ1v) is 7.27. The maximum atomic E-state index is 12.2. The molecule has 0 heterocycles. The second-order valence-electron chi connectivity index (χ2n) is 5.00. The lowest BCUT2D eigenvalue weighted by atomic mass is 9.97. The summed E-state index contributed by atoms with van der Waals surface area (Å²) in [5.74, 6) is 0.267. The van der Waals surface area contributed by atoms with Crippen LogP contribution in [0.15, 0.2) is 29.4 Å². The molecule has 1 aliphatic carbocycles. The number of azide groups is 1. The zero-order chi connectivity index (χ0) is 15.1. The van der Waals surface area contributed by atoms with E-state index in [2.05, 4.69) is 21.4 Å². The third-order valence-corrected chi connectivity index (χ3v) is 3.47. The van der Waals surface area contributed by atoms with Gasteiger partial charge in [0.25, 0.3) is 0 Å². The molecule has 1 aliphatic rings. The van der Waals surface area contributed by atoms with Crippen LogP contribution in [0.5, 0.6) is 0 Å². The van der Waals surface area contributed by atoms with Gasteiger partial charge in [-0.2, -0.15) is 0 Å². The molecule has 2 rings (SSSR count). The summed E-state index contributed by atoms with van der Waals surface area (Å²) >= 11 is 0. The zero-order valence-corrected chi connectivity index (χ0v) is 12.2. The monoisotopic (exact) mass is 288 g/mol. The Hall–Kier alpha value is -2.04. The lowest BCUT2D eigenvalue weighted by Crippen LogP contribution is -2.32. The Labute approximate surface area is 124 Å². The van der Waals surface area contributed by atoms with Gasteiger partial charge < -0.3 is 10.1 Å². The molecule has 0 aliphatic heterocycles. The van der Waals surface area contributed by atoms with Crippen molar-refractivity contribution >= 4 is 5.97 Å². The van der Waals surface area contributed by atoms with Crippen LogP contribution in [0, 0.1) is 0 Å². The van der Waals surface area contributed by atoms with Crippen molar-refractivity contribution in [2.75, 3.05) is 19.7 Å². The average molecular weight is 288 g/mol. The summed E-state index contributed by atoms with van der Waals surface area (Å²) in [6.07, 6.45) is 2.34. The topological polar surface area (TPSA) is 87.1 Å². The van der Waals surface area contributed by atoms with Gasteiger partial charge in [0.05, 0.1) is 6.61 Å². The molecule has 1 N–H and O–H groups in total. The molecule has 0 aromatic heterocycles. The molecular formula is C15H20N4O2. The van der Waals surface area contributed by atoms with Crippen LogP contribution < -0.4 is 5.32 Å². The third-order valence-electron chi connectivity index (χ3n) is 3.47. The first kappa shape index (κ1) is 15.4. The van der Waals surface area contributed by atoms with Gasteiger partial charge in [0.2, 0.25) is 0 Å². The quantitative estimate of drug-likeness (QED) is 0.262. The number of carbonyl (C=O) groups excluding carboxylic acids is 1. The number of rotatable bonds is 8. The summed E-state index contributed by atoms with van der Waals surface area (Å²) < 4.78 is 5.17. The molecular weight excluding hydrogens is 268 g/mol. The molecule has 0 spiro atoms. The number of ether oxygens (including phenoxy) is 1. The first-order chi connectivity index (χ1) is 10.3. The molecule has 0 bridgehead atoms. The van der Waals surface area contributed by atoms with Crippen molar-refractivity contribution in [3.8, 4) is 0 Å². The zero-order valence-electron chi connectivity index (χ0n) is 12.2. The third kappa shape index (κ3) is 4.21. The Morgan fingerprint density at radius 3 is 2.95 bits per heavy atom. The van der Waals surface area contributed by atoms with Gasteiger partial charge in [0.1, 0.15) is 6.04 Å². The molecule has 1 unspecified atom stereocenters. The summed E-state index contributed by atoms with van der Waals surface area (Å²) in [4.78, 5) is 14.9. The van der Waals surface area contributed by atoms with E-state index in [9.17, 15) is 4.79 Å². The van der Waals surface area contributed by atoms with Crippen molar-refractivity contribution in [1.29, 1.82) is 0 Å². The highest BCUT2D eigenvalue weighted by molar-refractivity contribution is 5.78. The smallest absolute Gasteiger partial charge is 0.327 e. The fourth-order valence-electron chi connectivity index (χ4n) is 2.39. The molecule has 1 fully saturated rings. The van der Waals surface area contributed by atoms with E-state index < -0.39 is 6.04 Å². The molecule has 6 heteroatoms. The minimum Gasteiger partial charge on any atom is -0.465 e. The van der Waals surface area contributed by atoms with E-state index in [1.807, 2.05) is 18.2 Å². The minimum absolute atomic E-state index is 0.286. The number of hydrogen-bond acceptors (Lipinski definition) is 4. The Bertz CT molecular complexity index is 536. The molecule has 6 nitrogen and oxygen atoms in total. The number of nitrogens with zero attached hydrogens (tertiary/aromatic N) is 3. The van der Waals surface area contributed by atoms with Crippen LogP contribution in [0.4, 0.5) is 0 Å². The van der Waals surface area contributed by atoms with Crippen molar-refractivity contribution in [3.05, 3.63) is 45.8 Å². The standard InChI is InChI=1S/C15H20N4O2/c1-2-21-15(20)14(17-9-10-18-19-16)13-6-4-3-5-12(13)11-7-8-11/h3-6,11,14,17H,2,7-10H2,1H3. The maximum absolute atomic E-state index is 12.2. The van der Waals surface area contributed by atoms with Crippen LogP contribution in [0.1, 0.15) is 42.9 Å². The highest BCUT2D eigenvalue weighted by atomic mass is 16.5. The molecule has 0 amide bonds.